The number of amides is 1. The number of benzene rings is 1. The summed E-state index contributed by atoms with van der Waals surface area (Å²) in [6.45, 7) is 3.56. The molecule has 0 aliphatic carbocycles. The first kappa shape index (κ1) is 14.7. The van der Waals surface area contributed by atoms with Crippen molar-refractivity contribution in [1.29, 1.82) is 0 Å². The summed E-state index contributed by atoms with van der Waals surface area (Å²) in [7, 11) is 0. The van der Waals surface area contributed by atoms with Crippen LogP contribution in [0.25, 0.3) is 0 Å². The van der Waals surface area contributed by atoms with Crippen LogP contribution >= 0.6 is 0 Å². The largest absolute Gasteiger partial charge is 0.452 e. The highest BCUT2D eigenvalue weighted by atomic mass is 16.5. The topological polar surface area (TPSA) is 68.3 Å². The van der Waals surface area contributed by atoms with Gasteiger partial charge in [0.15, 0.2) is 6.61 Å². The number of hydrogen-bond acceptors (Lipinski definition) is 4. The molecule has 0 aliphatic rings. The maximum Gasteiger partial charge on any atom is 0.340 e. The third-order valence-electron chi connectivity index (χ3n) is 3.11. The van der Waals surface area contributed by atoms with Crippen molar-refractivity contribution in [3.05, 3.63) is 59.4 Å². The SMILES string of the molecule is Cc1cccc(NC(=O)COC(=O)c2cccnc2)c1C. The lowest BCUT2D eigenvalue weighted by molar-refractivity contribution is -0.119. The molecule has 0 bridgehead atoms. The molecule has 0 aliphatic heterocycles. The van der Waals surface area contributed by atoms with Crippen LogP contribution in [-0.2, 0) is 9.53 Å². The summed E-state index contributed by atoms with van der Waals surface area (Å²) in [6.07, 6.45) is 2.95. The molecule has 1 aromatic carbocycles. The van der Waals surface area contributed by atoms with Crippen LogP contribution in [0.3, 0.4) is 0 Å². The Morgan fingerprint density at radius 1 is 1.19 bits per heavy atom. The Labute approximate surface area is 123 Å². The molecule has 0 atom stereocenters. The number of carbonyl (C=O) groups excluding carboxylic acids is 2. The van der Waals surface area contributed by atoms with E-state index in [9.17, 15) is 9.59 Å². The first-order chi connectivity index (χ1) is 10.1. The highest BCUT2D eigenvalue weighted by Gasteiger charge is 2.11. The second kappa shape index (κ2) is 6.65. The molecule has 108 valence electrons. The van der Waals surface area contributed by atoms with E-state index in [0.717, 1.165) is 16.8 Å². The van der Waals surface area contributed by atoms with Crippen molar-refractivity contribution in [2.24, 2.45) is 0 Å². The smallest absolute Gasteiger partial charge is 0.340 e. The van der Waals surface area contributed by atoms with E-state index in [4.69, 9.17) is 4.74 Å². The lowest BCUT2D eigenvalue weighted by atomic mass is 10.1. The second-order valence-electron chi connectivity index (χ2n) is 4.61. The Kier molecular flexibility index (Phi) is 4.66. The van der Waals surface area contributed by atoms with E-state index in [1.807, 2.05) is 32.0 Å². The molecular weight excluding hydrogens is 268 g/mol. The standard InChI is InChI=1S/C16H16N2O3/c1-11-5-3-7-14(12(11)2)18-15(19)10-21-16(20)13-6-4-8-17-9-13/h3-9H,10H2,1-2H3,(H,18,19). The first-order valence-corrected chi connectivity index (χ1v) is 6.51. The van der Waals surface area contributed by atoms with Crippen molar-refractivity contribution in [2.75, 3.05) is 11.9 Å². The molecule has 2 aromatic rings. The minimum atomic E-state index is -0.570. The van der Waals surface area contributed by atoms with Gasteiger partial charge in [-0.2, -0.15) is 0 Å². The summed E-state index contributed by atoms with van der Waals surface area (Å²) >= 11 is 0. The molecule has 0 saturated heterocycles. The summed E-state index contributed by atoms with van der Waals surface area (Å²) in [5.41, 5.74) is 3.11. The lowest BCUT2D eigenvalue weighted by Crippen LogP contribution is -2.21. The van der Waals surface area contributed by atoms with Gasteiger partial charge in [-0.25, -0.2) is 4.79 Å². The number of carbonyl (C=O) groups is 2. The van der Waals surface area contributed by atoms with Gasteiger partial charge in [-0.05, 0) is 43.2 Å². The predicted molar refractivity (Wildman–Crippen MR) is 79.1 cm³/mol. The molecule has 0 spiro atoms. The van der Waals surface area contributed by atoms with Gasteiger partial charge in [0.1, 0.15) is 0 Å². The number of aryl methyl sites for hydroxylation is 1. The van der Waals surface area contributed by atoms with Crippen molar-refractivity contribution < 1.29 is 14.3 Å². The highest BCUT2D eigenvalue weighted by Crippen LogP contribution is 2.17. The van der Waals surface area contributed by atoms with Crippen molar-refractivity contribution in [3.63, 3.8) is 0 Å². The fourth-order valence-electron chi connectivity index (χ4n) is 1.77. The van der Waals surface area contributed by atoms with Gasteiger partial charge in [-0.15, -0.1) is 0 Å². The van der Waals surface area contributed by atoms with Crippen LogP contribution in [0.5, 0.6) is 0 Å². The van der Waals surface area contributed by atoms with E-state index in [2.05, 4.69) is 10.3 Å². The van der Waals surface area contributed by atoms with E-state index in [0.29, 0.717) is 5.56 Å². The van der Waals surface area contributed by atoms with E-state index >= 15 is 0 Å². The van der Waals surface area contributed by atoms with E-state index < -0.39 is 5.97 Å². The van der Waals surface area contributed by atoms with E-state index in [1.165, 1.54) is 6.20 Å². The van der Waals surface area contributed by atoms with Gasteiger partial charge in [-0.3, -0.25) is 9.78 Å². The fourth-order valence-corrected chi connectivity index (χ4v) is 1.77. The van der Waals surface area contributed by atoms with Crippen LogP contribution in [0.4, 0.5) is 5.69 Å². The van der Waals surface area contributed by atoms with Crippen LogP contribution in [0, 0.1) is 13.8 Å². The third kappa shape index (κ3) is 3.89. The Morgan fingerprint density at radius 3 is 2.71 bits per heavy atom. The van der Waals surface area contributed by atoms with Crippen molar-refractivity contribution in [1.82, 2.24) is 4.98 Å². The van der Waals surface area contributed by atoms with Gasteiger partial charge in [0.25, 0.3) is 5.91 Å². The van der Waals surface area contributed by atoms with E-state index in [1.54, 1.807) is 18.3 Å². The number of hydrogen-bond donors (Lipinski definition) is 1. The van der Waals surface area contributed by atoms with Crippen LogP contribution in [-0.4, -0.2) is 23.5 Å². The third-order valence-corrected chi connectivity index (χ3v) is 3.11. The average molecular weight is 284 g/mol. The molecule has 2 rings (SSSR count). The number of ether oxygens (including phenoxy) is 1. The number of rotatable bonds is 4. The Morgan fingerprint density at radius 2 is 2.00 bits per heavy atom. The summed E-state index contributed by atoms with van der Waals surface area (Å²) < 4.78 is 4.94. The van der Waals surface area contributed by atoms with Gasteiger partial charge in [-0.1, -0.05) is 12.1 Å². The molecule has 1 aromatic heterocycles. The molecule has 1 heterocycles. The molecular formula is C16H16N2O3. The molecule has 21 heavy (non-hydrogen) atoms. The highest BCUT2D eigenvalue weighted by molar-refractivity contribution is 5.95. The van der Waals surface area contributed by atoms with E-state index in [-0.39, 0.29) is 12.5 Å². The second-order valence-corrected chi connectivity index (χ2v) is 4.61. The zero-order chi connectivity index (χ0) is 15.2. The molecule has 0 unspecified atom stereocenters. The van der Waals surface area contributed by atoms with Crippen LogP contribution in [0.2, 0.25) is 0 Å². The number of nitrogens with one attached hydrogen (secondary N) is 1. The van der Waals surface area contributed by atoms with Gasteiger partial charge in [0, 0.05) is 18.1 Å². The van der Waals surface area contributed by atoms with Crippen LogP contribution in [0.1, 0.15) is 21.5 Å². The monoisotopic (exact) mass is 284 g/mol. The van der Waals surface area contributed by atoms with Crippen LogP contribution in [0.15, 0.2) is 42.7 Å². The maximum atomic E-state index is 11.8. The molecule has 1 amide bonds. The summed E-state index contributed by atoms with van der Waals surface area (Å²) in [5, 5.41) is 2.73. The molecule has 5 heteroatoms. The zero-order valence-corrected chi connectivity index (χ0v) is 11.9. The minimum Gasteiger partial charge on any atom is -0.452 e. The summed E-state index contributed by atoms with van der Waals surface area (Å²) in [5.74, 6) is -0.944. The van der Waals surface area contributed by atoms with Gasteiger partial charge < -0.3 is 10.1 Å². The number of esters is 1. The van der Waals surface area contributed by atoms with Gasteiger partial charge in [0.05, 0.1) is 5.56 Å². The maximum absolute atomic E-state index is 11.8. The predicted octanol–water partition coefficient (Wildman–Crippen LogP) is 2.49. The van der Waals surface area contributed by atoms with Gasteiger partial charge >= 0.3 is 5.97 Å². The summed E-state index contributed by atoms with van der Waals surface area (Å²) in [6, 6.07) is 8.85. The lowest BCUT2D eigenvalue weighted by Gasteiger charge is -2.10. The van der Waals surface area contributed by atoms with Crippen molar-refractivity contribution in [2.45, 2.75) is 13.8 Å². The normalized spacial score (nSPS) is 10.0. The molecule has 0 fully saturated rings. The Hall–Kier alpha value is -2.69. The van der Waals surface area contributed by atoms with Crippen molar-refractivity contribution in [3.8, 4) is 0 Å². The molecule has 0 radical (unpaired) electrons. The quantitative estimate of drug-likeness (QED) is 0.876. The molecule has 5 nitrogen and oxygen atoms in total. The molecule has 0 saturated carbocycles. The number of nitrogens with zero attached hydrogens (tertiary/aromatic N) is 1. The van der Waals surface area contributed by atoms with Crippen LogP contribution < -0.4 is 5.32 Å². The first-order valence-electron chi connectivity index (χ1n) is 6.51. The zero-order valence-electron chi connectivity index (χ0n) is 11.9. The number of aromatic nitrogens is 1. The number of pyridine rings is 1. The Balaban J connectivity index is 1.91. The minimum absolute atomic E-state index is 0.317. The average Bonchev–Trinajstić information content (AvgIpc) is 2.50. The van der Waals surface area contributed by atoms with Gasteiger partial charge in [0.2, 0.25) is 0 Å². The fraction of sp³-hybridized carbons (Fsp3) is 0.188. The summed E-state index contributed by atoms with van der Waals surface area (Å²) in [4.78, 5) is 27.3. The number of anilines is 1. The Bertz CT molecular complexity index is 654. The molecule has 1 N–H and O–H groups in total. The van der Waals surface area contributed by atoms with Crippen molar-refractivity contribution >= 4 is 17.6 Å².